The minimum atomic E-state index is -0.442. The summed E-state index contributed by atoms with van der Waals surface area (Å²) in [6, 6.07) is 3.53. The van der Waals surface area contributed by atoms with Crippen molar-refractivity contribution in [1.29, 1.82) is 0 Å². The number of hydrogen-bond acceptors (Lipinski definition) is 6. The predicted octanol–water partition coefficient (Wildman–Crippen LogP) is 2.39. The lowest BCUT2D eigenvalue weighted by molar-refractivity contribution is -0.136. The summed E-state index contributed by atoms with van der Waals surface area (Å²) in [5, 5.41) is -0.416. The molecule has 2 aliphatic rings. The van der Waals surface area contributed by atoms with Gasteiger partial charge in [-0.1, -0.05) is 0 Å². The SMILES string of the molecule is CN(C)c1ccc(/C=C2\SC(=O)N(CC(=O)N3CCCCC3)C2=O)o1. The Bertz CT molecular complexity index is 719. The van der Waals surface area contributed by atoms with E-state index in [1.54, 1.807) is 28.0 Å². The summed E-state index contributed by atoms with van der Waals surface area (Å²) in [4.78, 5) is 41.7. The molecule has 1 aromatic heterocycles. The van der Waals surface area contributed by atoms with Crippen LogP contribution in [0.2, 0.25) is 0 Å². The molecule has 1 aromatic rings. The van der Waals surface area contributed by atoms with Gasteiger partial charge in [0, 0.05) is 39.3 Å². The van der Waals surface area contributed by atoms with Crippen molar-refractivity contribution < 1.29 is 18.8 Å². The van der Waals surface area contributed by atoms with Crippen molar-refractivity contribution in [3.05, 3.63) is 22.8 Å². The number of carbonyl (C=O) groups excluding carboxylic acids is 3. The smallest absolute Gasteiger partial charge is 0.294 e. The average Bonchev–Trinajstić information content (AvgIpc) is 3.16. The molecule has 3 heterocycles. The molecule has 25 heavy (non-hydrogen) atoms. The normalized spacial score (nSPS) is 19.8. The summed E-state index contributed by atoms with van der Waals surface area (Å²) in [6.07, 6.45) is 4.61. The second-order valence-corrected chi connectivity index (χ2v) is 7.27. The number of amides is 3. The van der Waals surface area contributed by atoms with Crippen LogP contribution in [-0.2, 0) is 9.59 Å². The van der Waals surface area contributed by atoms with E-state index in [0.29, 0.717) is 24.7 Å². The molecule has 0 N–H and O–H groups in total. The van der Waals surface area contributed by atoms with E-state index < -0.39 is 11.1 Å². The molecule has 134 valence electrons. The highest BCUT2D eigenvalue weighted by molar-refractivity contribution is 8.18. The summed E-state index contributed by atoms with van der Waals surface area (Å²) in [5.41, 5.74) is 0. The number of nitrogens with zero attached hydrogens (tertiary/aromatic N) is 3. The molecule has 0 unspecified atom stereocenters. The van der Waals surface area contributed by atoms with E-state index in [-0.39, 0.29) is 17.4 Å². The number of hydrogen-bond donors (Lipinski definition) is 0. The van der Waals surface area contributed by atoms with Gasteiger partial charge >= 0.3 is 0 Å². The standard InChI is InChI=1S/C17H21N3O4S/c1-18(2)15-7-6-12(24-15)10-13-16(22)20(17(23)25-13)11-14(21)19-8-4-3-5-9-19/h6-7,10H,3-5,8-9,11H2,1-2H3/b13-10-. The lowest BCUT2D eigenvalue weighted by Gasteiger charge is -2.27. The average molecular weight is 363 g/mol. The molecule has 7 nitrogen and oxygen atoms in total. The van der Waals surface area contributed by atoms with Gasteiger partial charge in [-0.15, -0.1) is 0 Å². The molecule has 2 aliphatic heterocycles. The van der Waals surface area contributed by atoms with Crippen LogP contribution < -0.4 is 4.90 Å². The van der Waals surface area contributed by atoms with E-state index in [1.165, 1.54) is 0 Å². The summed E-state index contributed by atoms with van der Waals surface area (Å²) < 4.78 is 5.58. The van der Waals surface area contributed by atoms with Crippen molar-refractivity contribution in [2.45, 2.75) is 19.3 Å². The molecule has 0 radical (unpaired) electrons. The maximum atomic E-state index is 12.5. The van der Waals surface area contributed by atoms with Gasteiger partial charge in [-0.05, 0) is 37.1 Å². The molecule has 2 saturated heterocycles. The minimum Gasteiger partial charge on any atom is -0.441 e. The number of rotatable bonds is 4. The zero-order valence-electron chi connectivity index (χ0n) is 14.4. The van der Waals surface area contributed by atoms with Crippen molar-refractivity contribution in [2.24, 2.45) is 0 Å². The third kappa shape index (κ3) is 3.89. The Morgan fingerprint density at radius 1 is 1.24 bits per heavy atom. The van der Waals surface area contributed by atoms with E-state index >= 15 is 0 Å². The second-order valence-electron chi connectivity index (χ2n) is 6.28. The van der Waals surface area contributed by atoms with Crippen LogP contribution in [0.5, 0.6) is 0 Å². The number of carbonyl (C=O) groups is 3. The lowest BCUT2D eigenvalue weighted by Crippen LogP contribution is -2.44. The van der Waals surface area contributed by atoms with Crippen molar-refractivity contribution in [2.75, 3.05) is 38.6 Å². The molecule has 0 spiro atoms. The molecule has 2 fully saturated rings. The number of piperidine rings is 1. The molecular formula is C17H21N3O4S. The van der Waals surface area contributed by atoms with Crippen molar-refractivity contribution in [3.63, 3.8) is 0 Å². The van der Waals surface area contributed by atoms with Crippen LogP contribution in [0.15, 0.2) is 21.5 Å². The van der Waals surface area contributed by atoms with Crippen LogP contribution in [0.25, 0.3) is 6.08 Å². The summed E-state index contributed by atoms with van der Waals surface area (Å²) in [6.45, 7) is 1.21. The Morgan fingerprint density at radius 2 is 1.96 bits per heavy atom. The molecule has 0 atom stereocenters. The molecule has 0 bridgehead atoms. The molecule has 0 aromatic carbocycles. The van der Waals surface area contributed by atoms with E-state index in [1.807, 2.05) is 14.1 Å². The Morgan fingerprint density at radius 3 is 2.60 bits per heavy atom. The van der Waals surface area contributed by atoms with Crippen LogP contribution in [0.1, 0.15) is 25.0 Å². The Kier molecular flexibility index (Phi) is 5.17. The van der Waals surface area contributed by atoms with Crippen molar-refractivity contribution in [3.8, 4) is 0 Å². The zero-order chi connectivity index (χ0) is 18.0. The van der Waals surface area contributed by atoms with Gasteiger partial charge in [0.1, 0.15) is 12.3 Å². The first kappa shape index (κ1) is 17.6. The predicted molar refractivity (Wildman–Crippen MR) is 96.1 cm³/mol. The summed E-state index contributed by atoms with van der Waals surface area (Å²) in [7, 11) is 3.70. The van der Waals surface area contributed by atoms with Crippen molar-refractivity contribution >= 4 is 40.8 Å². The van der Waals surface area contributed by atoms with Gasteiger partial charge < -0.3 is 14.2 Å². The minimum absolute atomic E-state index is 0.170. The number of furan rings is 1. The topological polar surface area (TPSA) is 74.1 Å². The van der Waals surface area contributed by atoms with Gasteiger partial charge in [0.15, 0.2) is 5.88 Å². The Hall–Kier alpha value is -2.22. The fourth-order valence-electron chi connectivity index (χ4n) is 2.80. The first-order valence-corrected chi connectivity index (χ1v) is 9.07. The van der Waals surface area contributed by atoms with E-state index in [4.69, 9.17) is 4.42 Å². The molecule has 0 aliphatic carbocycles. The van der Waals surface area contributed by atoms with Crippen LogP contribution in [-0.4, -0.2) is 60.6 Å². The van der Waals surface area contributed by atoms with Gasteiger partial charge in [-0.3, -0.25) is 19.3 Å². The molecular weight excluding hydrogens is 342 g/mol. The molecule has 3 amide bonds. The maximum absolute atomic E-state index is 12.5. The monoisotopic (exact) mass is 363 g/mol. The second kappa shape index (κ2) is 7.35. The number of likely N-dealkylation sites (tertiary alicyclic amines) is 1. The fourth-order valence-corrected chi connectivity index (χ4v) is 3.62. The third-order valence-electron chi connectivity index (χ3n) is 4.20. The molecule has 3 rings (SSSR count). The Balaban J connectivity index is 1.68. The van der Waals surface area contributed by atoms with Crippen molar-refractivity contribution in [1.82, 2.24) is 9.80 Å². The van der Waals surface area contributed by atoms with Crippen LogP contribution in [0.3, 0.4) is 0 Å². The number of anilines is 1. The Labute approximate surface area is 150 Å². The molecule has 8 heteroatoms. The van der Waals surface area contributed by atoms with E-state index in [9.17, 15) is 14.4 Å². The van der Waals surface area contributed by atoms with Gasteiger partial charge in [-0.25, -0.2) is 0 Å². The third-order valence-corrected chi connectivity index (χ3v) is 5.11. The first-order valence-electron chi connectivity index (χ1n) is 8.26. The highest BCUT2D eigenvalue weighted by Gasteiger charge is 2.37. The fraction of sp³-hybridized carbons (Fsp3) is 0.471. The number of thioether (sulfide) groups is 1. The maximum Gasteiger partial charge on any atom is 0.294 e. The van der Waals surface area contributed by atoms with Gasteiger partial charge in [0.05, 0.1) is 4.91 Å². The van der Waals surface area contributed by atoms with E-state index in [2.05, 4.69) is 0 Å². The highest BCUT2D eigenvalue weighted by Crippen LogP contribution is 2.33. The number of imide groups is 1. The highest BCUT2D eigenvalue weighted by atomic mass is 32.2. The van der Waals surface area contributed by atoms with E-state index in [0.717, 1.165) is 35.9 Å². The zero-order valence-corrected chi connectivity index (χ0v) is 15.2. The van der Waals surface area contributed by atoms with Gasteiger partial charge in [0.2, 0.25) is 5.91 Å². The lowest BCUT2D eigenvalue weighted by atomic mass is 10.1. The van der Waals surface area contributed by atoms with Crippen LogP contribution in [0.4, 0.5) is 10.7 Å². The quantitative estimate of drug-likeness (QED) is 0.765. The first-order chi connectivity index (χ1) is 12.0. The van der Waals surface area contributed by atoms with Gasteiger partial charge in [-0.2, -0.15) is 0 Å². The van der Waals surface area contributed by atoms with Crippen LogP contribution in [0, 0.1) is 0 Å². The summed E-state index contributed by atoms with van der Waals surface area (Å²) >= 11 is 0.837. The van der Waals surface area contributed by atoms with Gasteiger partial charge in [0.25, 0.3) is 11.1 Å². The largest absolute Gasteiger partial charge is 0.441 e. The van der Waals surface area contributed by atoms with Crippen LogP contribution >= 0.6 is 11.8 Å². The molecule has 0 saturated carbocycles. The summed E-state index contributed by atoms with van der Waals surface area (Å²) in [5.74, 6) is 0.543.